The van der Waals surface area contributed by atoms with Gasteiger partial charge in [-0.05, 0) is 57.0 Å². The predicted octanol–water partition coefficient (Wildman–Crippen LogP) is 4.31. The van der Waals surface area contributed by atoms with Gasteiger partial charge in [-0.3, -0.25) is 4.72 Å². The van der Waals surface area contributed by atoms with E-state index in [0.717, 1.165) is 0 Å². The van der Waals surface area contributed by atoms with Crippen molar-refractivity contribution in [2.24, 2.45) is 0 Å². The highest BCUT2D eigenvalue weighted by Gasteiger charge is 2.24. The van der Waals surface area contributed by atoms with Crippen LogP contribution in [0.5, 0.6) is 5.75 Å². The van der Waals surface area contributed by atoms with Crippen LogP contribution >= 0.6 is 0 Å². The molecule has 0 radical (unpaired) electrons. The summed E-state index contributed by atoms with van der Waals surface area (Å²) in [5, 5.41) is 13.7. The lowest BCUT2D eigenvalue weighted by molar-refractivity contribution is 0.0531. The van der Waals surface area contributed by atoms with Gasteiger partial charge in [0.05, 0.1) is 16.7 Å². The minimum Gasteiger partial charge on any atom is -0.507 e. The first-order chi connectivity index (χ1) is 16.4. The Morgan fingerprint density at radius 2 is 1.86 bits per heavy atom. The molecule has 1 unspecified atom stereocenters. The van der Waals surface area contributed by atoms with E-state index in [4.69, 9.17) is 9.15 Å². The van der Waals surface area contributed by atoms with Gasteiger partial charge in [0.15, 0.2) is 0 Å². The summed E-state index contributed by atoms with van der Waals surface area (Å²) in [4.78, 5) is 24.4. The Hall–Kier alpha value is -3.53. The molecule has 3 aromatic rings. The summed E-state index contributed by atoms with van der Waals surface area (Å²) in [5.74, 6) is -1.03. The predicted molar refractivity (Wildman–Crippen MR) is 134 cm³/mol. The number of sulfonamides is 1. The molecule has 35 heavy (non-hydrogen) atoms. The molecule has 3 N–H and O–H groups in total. The quantitative estimate of drug-likeness (QED) is 0.391. The molecular weight excluding hydrogens is 472 g/mol. The molecule has 0 fully saturated rings. The number of hydrogen-bond acceptors (Lipinski definition) is 7. The molecule has 3 rings (SSSR count). The lowest BCUT2D eigenvalue weighted by atomic mass is 9.88. The lowest BCUT2D eigenvalue weighted by Gasteiger charge is -2.20. The van der Waals surface area contributed by atoms with Crippen molar-refractivity contribution >= 4 is 32.8 Å². The third-order valence-corrected chi connectivity index (χ3v) is 6.47. The monoisotopic (exact) mass is 502 g/mol. The number of ether oxygens (including phenoxy) is 1. The number of nitrogens with one attached hydrogen (secondary N) is 2. The van der Waals surface area contributed by atoms with E-state index >= 15 is 0 Å². The van der Waals surface area contributed by atoms with Gasteiger partial charge in [-0.15, -0.1) is 0 Å². The van der Waals surface area contributed by atoms with Gasteiger partial charge < -0.3 is 19.6 Å². The number of benzene rings is 2. The standard InChI is InChI=1S/C25H30N2O7S/c1-5-18(21-22(28)19-11-6-7-12-20(19)33-23(21)29)16-9-8-10-17(15-16)27-35(31,32)14-13-26-24(30)34-25(2,3)4/h6-12,15,18,27-28H,5,13-14H2,1-4H3,(H,26,30). The van der Waals surface area contributed by atoms with Crippen LogP contribution in [0.15, 0.2) is 57.7 Å². The number of amides is 1. The maximum absolute atomic E-state index is 12.7. The minimum absolute atomic E-state index is 0.118. The topological polar surface area (TPSA) is 135 Å². The van der Waals surface area contributed by atoms with E-state index in [2.05, 4.69) is 10.0 Å². The molecule has 10 heteroatoms. The lowest BCUT2D eigenvalue weighted by Crippen LogP contribution is -2.35. The molecule has 1 amide bonds. The smallest absolute Gasteiger partial charge is 0.407 e. The number of para-hydroxylation sites is 1. The van der Waals surface area contributed by atoms with Gasteiger partial charge in [-0.2, -0.15) is 0 Å². The van der Waals surface area contributed by atoms with Crippen LogP contribution in [0.2, 0.25) is 0 Å². The molecule has 1 aromatic heterocycles. The third kappa shape index (κ3) is 6.75. The molecule has 0 spiro atoms. The van der Waals surface area contributed by atoms with Crippen molar-refractivity contribution < 1.29 is 27.5 Å². The van der Waals surface area contributed by atoms with Crippen molar-refractivity contribution in [3.8, 4) is 5.75 Å². The summed E-state index contributed by atoms with van der Waals surface area (Å²) < 4.78 is 38.1. The molecule has 2 aromatic carbocycles. The Morgan fingerprint density at radius 3 is 2.54 bits per heavy atom. The fourth-order valence-corrected chi connectivity index (χ4v) is 4.67. The maximum Gasteiger partial charge on any atom is 0.407 e. The highest BCUT2D eigenvalue weighted by Crippen LogP contribution is 2.36. The Bertz CT molecular complexity index is 1370. The van der Waals surface area contributed by atoms with Gasteiger partial charge in [0.2, 0.25) is 10.0 Å². The second-order valence-corrected chi connectivity index (χ2v) is 10.9. The van der Waals surface area contributed by atoms with E-state index in [-0.39, 0.29) is 29.2 Å². The minimum atomic E-state index is -3.78. The average molecular weight is 503 g/mol. The second-order valence-electron chi connectivity index (χ2n) is 9.08. The second kappa shape index (κ2) is 10.4. The van der Waals surface area contributed by atoms with Gasteiger partial charge in [-0.1, -0.05) is 31.2 Å². The number of carbonyl (C=O) groups is 1. The Labute approximate surface area is 204 Å². The van der Waals surface area contributed by atoms with Crippen LogP contribution in [-0.2, 0) is 14.8 Å². The molecule has 0 bridgehead atoms. The van der Waals surface area contributed by atoms with E-state index in [1.54, 1.807) is 69.3 Å². The highest BCUT2D eigenvalue weighted by atomic mass is 32.2. The molecule has 9 nitrogen and oxygen atoms in total. The zero-order valence-corrected chi connectivity index (χ0v) is 20.9. The van der Waals surface area contributed by atoms with E-state index in [1.807, 2.05) is 6.92 Å². The summed E-state index contributed by atoms with van der Waals surface area (Å²) in [6, 6.07) is 13.3. The summed E-state index contributed by atoms with van der Waals surface area (Å²) in [7, 11) is -3.78. The zero-order valence-electron chi connectivity index (χ0n) is 20.1. The number of rotatable bonds is 8. The summed E-state index contributed by atoms with van der Waals surface area (Å²) in [5.41, 5.74) is 0.00392. The van der Waals surface area contributed by atoms with E-state index in [1.165, 1.54) is 0 Å². The van der Waals surface area contributed by atoms with Crippen molar-refractivity contribution in [1.82, 2.24) is 5.32 Å². The zero-order chi connectivity index (χ0) is 25.8. The SMILES string of the molecule is CCC(c1cccc(NS(=O)(=O)CCNC(=O)OC(C)(C)C)c1)c1c(O)c2ccccc2oc1=O. The molecule has 188 valence electrons. The number of aromatic hydroxyl groups is 1. The number of fused-ring (bicyclic) bond motifs is 1. The molecular formula is C25H30N2O7S. The van der Waals surface area contributed by atoms with Gasteiger partial charge in [0, 0.05) is 18.2 Å². The Balaban J connectivity index is 1.79. The molecule has 0 saturated carbocycles. The van der Waals surface area contributed by atoms with Gasteiger partial charge in [0.1, 0.15) is 16.9 Å². The van der Waals surface area contributed by atoms with Crippen molar-refractivity contribution in [1.29, 1.82) is 0 Å². The van der Waals surface area contributed by atoms with E-state index in [0.29, 0.717) is 23.1 Å². The van der Waals surface area contributed by atoms with Crippen molar-refractivity contribution in [3.63, 3.8) is 0 Å². The van der Waals surface area contributed by atoms with E-state index in [9.17, 15) is 23.1 Å². The fraction of sp³-hybridized carbons (Fsp3) is 0.360. The van der Waals surface area contributed by atoms with Crippen molar-refractivity contribution in [3.05, 3.63) is 70.1 Å². The summed E-state index contributed by atoms with van der Waals surface area (Å²) in [6.07, 6.45) is -0.235. The first-order valence-corrected chi connectivity index (χ1v) is 12.9. The number of anilines is 1. The summed E-state index contributed by atoms with van der Waals surface area (Å²) in [6.45, 7) is 6.86. The maximum atomic E-state index is 12.7. The first-order valence-electron chi connectivity index (χ1n) is 11.2. The Morgan fingerprint density at radius 1 is 1.14 bits per heavy atom. The van der Waals surface area contributed by atoms with Crippen LogP contribution in [0.1, 0.15) is 51.2 Å². The number of carbonyl (C=O) groups excluding carboxylic acids is 1. The summed E-state index contributed by atoms with van der Waals surface area (Å²) >= 11 is 0. The molecule has 0 saturated heterocycles. The van der Waals surface area contributed by atoms with Gasteiger partial charge >= 0.3 is 11.7 Å². The van der Waals surface area contributed by atoms with Gasteiger partial charge in [-0.25, -0.2) is 18.0 Å². The first kappa shape index (κ1) is 26.1. The van der Waals surface area contributed by atoms with Crippen LogP contribution in [0, 0.1) is 0 Å². The highest BCUT2D eigenvalue weighted by molar-refractivity contribution is 7.92. The third-order valence-electron chi connectivity index (χ3n) is 5.18. The normalized spacial score (nSPS) is 12.8. The van der Waals surface area contributed by atoms with Crippen molar-refractivity contribution in [2.45, 2.75) is 45.6 Å². The van der Waals surface area contributed by atoms with Gasteiger partial charge in [0.25, 0.3) is 0 Å². The molecule has 0 aliphatic heterocycles. The number of hydrogen-bond donors (Lipinski definition) is 3. The van der Waals surface area contributed by atoms with E-state index < -0.39 is 33.3 Å². The fourth-order valence-electron chi connectivity index (χ4n) is 3.71. The van der Waals surface area contributed by atoms with Crippen LogP contribution < -0.4 is 15.7 Å². The van der Waals surface area contributed by atoms with Crippen LogP contribution in [0.3, 0.4) is 0 Å². The van der Waals surface area contributed by atoms with Crippen LogP contribution in [-0.4, -0.2) is 37.5 Å². The molecule has 1 atom stereocenters. The average Bonchev–Trinajstić information content (AvgIpc) is 2.75. The largest absolute Gasteiger partial charge is 0.507 e. The number of alkyl carbamates (subject to hydrolysis) is 1. The molecule has 0 aliphatic rings. The molecule has 0 aliphatic carbocycles. The Kier molecular flexibility index (Phi) is 7.74. The van der Waals surface area contributed by atoms with Crippen molar-refractivity contribution in [2.75, 3.05) is 17.0 Å². The molecule has 1 heterocycles. The van der Waals surface area contributed by atoms with Crippen LogP contribution in [0.4, 0.5) is 10.5 Å². The van der Waals surface area contributed by atoms with Crippen LogP contribution in [0.25, 0.3) is 11.0 Å².